The van der Waals surface area contributed by atoms with Crippen molar-refractivity contribution in [1.82, 2.24) is 4.98 Å². The second kappa shape index (κ2) is 5.38. The molecule has 3 N–H and O–H groups in total. The second-order valence-electron chi connectivity index (χ2n) is 5.23. The van der Waals surface area contributed by atoms with E-state index in [4.69, 9.17) is 11.1 Å². The normalized spacial score (nSPS) is 23.7. The third-order valence-electron chi connectivity index (χ3n) is 3.97. The molecule has 4 heteroatoms. The maximum absolute atomic E-state index is 7.64. The lowest BCUT2D eigenvalue weighted by atomic mass is 9.85. The first-order valence-corrected chi connectivity index (χ1v) is 6.63. The number of nitrogens with zero attached hydrogens (tertiary/aromatic N) is 2. The van der Waals surface area contributed by atoms with E-state index in [-0.39, 0.29) is 5.84 Å². The quantitative estimate of drug-likeness (QED) is 0.635. The molecule has 1 fully saturated rings. The van der Waals surface area contributed by atoms with Crippen molar-refractivity contribution in [3.63, 3.8) is 0 Å². The molecular weight excluding hydrogens is 224 g/mol. The first-order chi connectivity index (χ1) is 8.61. The summed E-state index contributed by atoms with van der Waals surface area (Å²) in [7, 11) is 2.07. The Morgan fingerprint density at radius 1 is 1.44 bits per heavy atom. The van der Waals surface area contributed by atoms with Crippen molar-refractivity contribution in [2.75, 3.05) is 11.9 Å². The minimum Gasteiger partial charge on any atom is -0.384 e. The van der Waals surface area contributed by atoms with E-state index in [0.29, 0.717) is 12.0 Å². The fourth-order valence-electron chi connectivity index (χ4n) is 2.92. The molecule has 0 spiro atoms. The molecule has 4 nitrogen and oxygen atoms in total. The van der Waals surface area contributed by atoms with E-state index >= 15 is 0 Å². The van der Waals surface area contributed by atoms with Crippen molar-refractivity contribution in [2.24, 2.45) is 11.7 Å². The van der Waals surface area contributed by atoms with Gasteiger partial charge in [0.2, 0.25) is 0 Å². The zero-order valence-electron chi connectivity index (χ0n) is 11.2. The molecule has 1 aromatic rings. The highest BCUT2D eigenvalue weighted by Crippen LogP contribution is 2.30. The predicted molar refractivity (Wildman–Crippen MR) is 75.1 cm³/mol. The van der Waals surface area contributed by atoms with Gasteiger partial charge in [-0.3, -0.25) is 5.41 Å². The average Bonchev–Trinajstić information content (AvgIpc) is 2.38. The highest BCUT2D eigenvalue weighted by atomic mass is 15.2. The summed E-state index contributed by atoms with van der Waals surface area (Å²) in [6, 6.07) is 4.21. The number of pyridine rings is 1. The van der Waals surface area contributed by atoms with Crippen molar-refractivity contribution < 1.29 is 0 Å². The lowest BCUT2D eigenvalue weighted by molar-refractivity contribution is 0.320. The third-order valence-corrected chi connectivity index (χ3v) is 3.97. The van der Waals surface area contributed by atoms with Gasteiger partial charge < -0.3 is 10.6 Å². The molecule has 1 aromatic heterocycles. The van der Waals surface area contributed by atoms with Crippen LogP contribution in [0.1, 0.15) is 38.2 Å². The number of amidine groups is 1. The highest BCUT2D eigenvalue weighted by Gasteiger charge is 2.27. The molecule has 1 aliphatic rings. The van der Waals surface area contributed by atoms with Gasteiger partial charge in [0, 0.05) is 19.3 Å². The number of aromatic nitrogens is 1. The molecule has 2 unspecified atom stereocenters. The minimum atomic E-state index is 0.0911. The summed E-state index contributed by atoms with van der Waals surface area (Å²) in [5.41, 5.74) is 6.37. The molecule has 2 atom stereocenters. The summed E-state index contributed by atoms with van der Waals surface area (Å²) < 4.78 is 0. The topological polar surface area (TPSA) is 66.0 Å². The fourth-order valence-corrected chi connectivity index (χ4v) is 2.92. The zero-order chi connectivity index (χ0) is 13.1. The van der Waals surface area contributed by atoms with E-state index in [1.807, 2.05) is 12.1 Å². The van der Waals surface area contributed by atoms with E-state index in [0.717, 1.165) is 11.4 Å². The van der Waals surface area contributed by atoms with Gasteiger partial charge >= 0.3 is 0 Å². The summed E-state index contributed by atoms with van der Waals surface area (Å²) in [5.74, 6) is 1.60. The van der Waals surface area contributed by atoms with Crippen molar-refractivity contribution in [1.29, 1.82) is 5.41 Å². The molecule has 98 valence electrons. The Labute approximate surface area is 109 Å². The SMILES string of the molecule is CC1CCCCC1N(C)c1ncccc1C(=N)N. The molecule has 0 amide bonds. The summed E-state index contributed by atoms with van der Waals surface area (Å²) in [4.78, 5) is 6.62. The van der Waals surface area contributed by atoms with Crippen molar-refractivity contribution in [3.8, 4) is 0 Å². The monoisotopic (exact) mass is 246 g/mol. The van der Waals surface area contributed by atoms with Crippen LogP contribution in [0.15, 0.2) is 18.3 Å². The third kappa shape index (κ3) is 2.47. The van der Waals surface area contributed by atoms with Gasteiger partial charge in [-0.05, 0) is 30.9 Å². The van der Waals surface area contributed by atoms with Crippen LogP contribution >= 0.6 is 0 Å². The Balaban J connectivity index is 2.27. The van der Waals surface area contributed by atoms with Gasteiger partial charge in [-0.25, -0.2) is 4.98 Å². The Morgan fingerprint density at radius 3 is 2.83 bits per heavy atom. The van der Waals surface area contributed by atoms with Crippen LogP contribution in [0.25, 0.3) is 0 Å². The molecule has 1 aliphatic carbocycles. The summed E-state index contributed by atoms with van der Waals surface area (Å²) >= 11 is 0. The second-order valence-corrected chi connectivity index (χ2v) is 5.23. The number of nitrogens with one attached hydrogen (secondary N) is 1. The molecule has 18 heavy (non-hydrogen) atoms. The molecular formula is C14H22N4. The number of hydrogen-bond acceptors (Lipinski definition) is 3. The van der Waals surface area contributed by atoms with E-state index in [9.17, 15) is 0 Å². The van der Waals surface area contributed by atoms with E-state index in [2.05, 4.69) is 23.9 Å². The summed E-state index contributed by atoms with van der Waals surface area (Å²) in [5, 5.41) is 7.64. The van der Waals surface area contributed by atoms with Crippen LogP contribution in [0.5, 0.6) is 0 Å². The lowest BCUT2D eigenvalue weighted by Gasteiger charge is -2.37. The van der Waals surface area contributed by atoms with Crippen molar-refractivity contribution >= 4 is 11.7 Å². The van der Waals surface area contributed by atoms with Crippen LogP contribution in [0, 0.1) is 11.3 Å². The number of rotatable bonds is 3. The molecule has 0 saturated heterocycles. The van der Waals surface area contributed by atoms with Gasteiger partial charge in [0.25, 0.3) is 0 Å². The number of nitrogen functional groups attached to an aromatic ring is 1. The first kappa shape index (κ1) is 12.9. The van der Waals surface area contributed by atoms with Crippen LogP contribution < -0.4 is 10.6 Å². The van der Waals surface area contributed by atoms with Crippen LogP contribution in [0.4, 0.5) is 5.82 Å². The fraction of sp³-hybridized carbons (Fsp3) is 0.571. The van der Waals surface area contributed by atoms with Crippen molar-refractivity contribution in [2.45, 2.75) is 38.6 Å². The Kier molecular flexibility index (Phi) is 3.84. The van der Waals surface area contributed by atoms with Crippen LogP contribution in [-0.2, 0) is 0 Å². The molecule has 2 rings (SSSR count). The predicted octanol–water partition coefficient (Wildman–Crippen LogP) is 2.38. The molecule has 0 bridgehead atoms. The van der Waals surface area contributed by atoms with E-state index < -0.39 is 0 Å². The van der Waals surface area contributed by atoms with Crippen LogP contribution in [-0.4, -0.2) is 23.9 Å². The Morgan fingerprint density at radius 2 is 2.17 bits per heavy atom. The Bertz CT molecular complexity index is 430. The van der Waals surface area contributed by atoms with Gasteiger partial charge in [0.1, 0.15) is 11.7 Å². The summed E-state index contributed by atoms with van der Waals surface area (Å²) in [6.07, 6.45) is 6.85. The molecule has 0 aliphatic heterocycles. The molecule has 0 radical (unpaired) electrons. The maximum atomic E-state index is 7.64. The maximum Gasteiger partial charge on any atom is 0.139 e. The minimum absolute atomic E-state index is 0.0911. The van der Waals surface area contributed by atoms with Gasteiger partial charge in [-0.1, -0.05) is 19.8 Å². The zero-order valence-corrected chi connectivity index (χ0v) is 11.2. The Hall–Kier alpha value is -1.58. The number of nitrogens with two attached hydrogens (primary N) is 1. The van der Waals surface area contributed by atoms with Gasteiger partial charge in [0.05, 0.1) is 5.56 Å². The molecule has 0 aromatic carbocycles. The highest BCUT2D eigenvalue weighted by molar-refractivity contribution is 5.99. The van der Waals surface area contributed by atoms with E-state index in [1.165, 1.54) is 25.7 Å². The molecule has 1 heterocycles. The lowest BCUT2D eigenvalue weighted by Crippen LogP contribution is -2.40. The van der Waals surface area contributed by atoms with Crippen LogP contribution in [0.2, 0.25) is 0 Å². The largest absolute Gasteiger partial charge is 0.384 e. The van der Waals surface area contributed by atoms with Gasteiger partial charge in [0.15, 0.2) is 0 Å². The smallest absolute Gasteiger partial charge is 0.139 e. The number of anilines is 1. The van der Waals surface area contributed by atoms with Gasteiger partial charge in [-0.15, -0.1) is 0 Å². The van der Waals surface area contributed by atoms with Gasteiger partial charge in [-0.2, -0.15) is 0 Å². The standard InChI is InChI=1S/C14H22N4/c1-10-6-3-4-8-12(10)18(2)14-11(13(15)16)7-5-9-17-14/h5,7,9-10,12H,3-4,6,8H2,1-2H3,(H3,15,16). The summed E-state index contributed by atoms with van der Waals surface area (Å²) in [6.45, 7) is 2.30. The number of hydrogen-bond donors (Lipinski definition) is 2. The first-order valence-electron chi connectivity index (χ1n) is 6.63. The van der Waals surface area contributed by atoms with Crippen LogP contribution in [0.3, 0.4) is 0 Å². The van der Waals surface area contributed by atoms with E-state index in [1.54, 1.807) is 6.20 Å². The molecule has 1 saturated carbocycles. The average molecular weight is 246 g/mol. The van der Waals surface area contributed by atoms with Crippen molar-refractivity contribution in [3.05, 3.63) is 23.9 Å².